The Labute approximate surface area is 175 Å². The minimum Gasteiger partial charge on any atom is -0.430 e. The number of rotatable bonds is 15. The molecule has 5 atom stereocenters. The van der Waals surface area contributed by atoms with Crippen LogP contribution in [0.3, 0.4) is 0 Å². The highest BCUT2D eigenvalue weighted by Gasteiger charge is 2.55. The molecule has 1 heterocycles. The monoisotopic (exact) mass is 418 g/mol. The summed E-state index contributed by atoms with van der Waals surface area (Å²) < 4.78 is 11.2. The van der Waals surface area contributed by atoms with Crippen LogP contribution in [0.2, 0.25) is 0 Å². The van der Waals surface area contributed by atoms with Crippen molar-refractivity contribution in [2.75, 3.05) is 6.61 Å². The van der Waals surface area contributed by atoms with Crippen LogP contribution in [0, 0.1) is 0 Å². The van der Waals surface area contributed by atoms with Crippen LogP contribution < -0.4 is 0 Å². The van der Waals surface area contributed by atoms with Crippen molar-refractivity contribution in [3.05, 3.63) is 0 Å². The van der Waals surface area contributed by atoms with Gasteiger partial charge in [0.1, 0.15) is 24.4 Å². The molecule has 1 aliphatic rings. The first-order valence-corrected chi connectivity index (χ1v) is 11.5. The topological polar surface area (TPSA) is 116 Å². The maximum absolute atomic E-state index is 12.4. The highest BCUT2D eigenvalue weighted by Crippen LogP contribution is 2.36. The molecule has 0 aromatic carbocycles. The lowest BCUT2D eigenvalue weighted by Crippen LogP contribution is -2.66. The molecular weight excluding hydrogens is 376 g/mol. The second-order valence-electron chi connectivity index (χ2n) is 8.23. The number of carbonyl (C=O) groups is 1. The predicted octanol–water partition coefficient (Wildman–Crippen LogP) is 2.81. The fourth-order valence-electron chi connectivity index (χ4n) is 3.80. The molecule has 172 valence electrons. The van der Waals surface area contributed by atoms with Gasteiger partial charge in [-0.05, 0) is 12.8 Å². The van der Waals surface area contributed by atoms with E-state index in [1.54, 1.807) is 0 Å². The first-order valence-electron chi connectivity index (χ1n) is 11.5. The Bertz CT molecular complexity index is 443. The third kappa shape index (κ3) is 8.50. The van der Waals surface area contributed by atoms with Gasteiger partial charge in [0.2, 0.25) is 5.79 Å². The predicted molar refractivity (Wildman–Crippen MR) is 110 cm³/mol. The molecule has 0 aromatic rings. The van der Waals surface area contributed by atoms with Crippen LogP contribution in [0.25, 0.3) is 0 Å². The zero-order chi connectivity index (χ0) is 21.7. The molecule has 0 amide bonds. The minimum atomic E-state index is -1.74. The molecule has 0 aromatic heterocycles. The molecule has 7 heteroatoms. The minimum absolute atomic E-state index is 0.189. The van der Waals surface area contributed by atoms with Crippen LogP contribution in [0.5, 0.6) is 0 Å². The normalized spacial score (nSPS) is 29.7. The lowest BCUT2D eigenvalue weighted by atomic mass is 9.89. The van der Waals surface area contributed by atoms with Gasteiger partial charge in [0.05, 0.1) is 6.61 Å². The Morgan fingerprint density at radius 1 is 0.862 bits per heavy atom. The van der Waals surface area contributed by atoms with Crippen LogP contribution in [0.1, 0.15) is 97.3 Å². The van der Waals surface area contributed by atoms with Gasteiger partial charge in [-0.15, -0.1) is 0 Å². The molecule has 0 saturated carbocycles. The molecule has 0 bridgehead atoms. The Morgan fingerprint density at radius 3 is 1.97 bits per heavy atom. The number of aliphatic hydroxyl groups is 4. The summed E-state index contributed by atoms with van der Waals surface area (Å²) in [4.78, 5) is 12.4. The SMILES string of the molecule is CCCCCCCCCCCC(=O)OC1(CCCC)O[C@H](CO)[C@@H](O)[C@H](O)[C@H]1O. The summed E-state index contributed by atoms with van der Waals surface area (Å²) in [6, 6.07) is 0. The highest BCUT2D eigenvalue weighted by molar-refractivity contribution is 5.69. The van der Waals surface area contributed by atoms with Crippen LogP contribution >= 0.6 is 0 Å². The first kappa shape index (κ1) is 26.3. The van der Waals surface area contributed by atoms with Gasteiger partial charge < -0.3 is 29.9 Å². The lowest BCUT2D eigenvalue weighted by molar-refractivity contribution is -0.354. The summed E-state index contributed by atoms with van der Waals surface area (Å²) >= 11 is 0. The molecule has 4 N–H and O–H groups in total. The quantitative estimate of drug-likeness (QED) is 0.239. The number of carbonyl (C=O) groups excluding carboxylic acids is 1. The second-order valence-corrected chi connectivity index (χ2v) is 8.23. The van der Waals surface area contributed by atoms with Gasteiger partial charge in [0.25, 0.3) is 0 Å². The van der Waals surface area contributed by atoms with Crippen molar-refractivity contribution < 1.29 is 34.7 Å². The summed E-state index contributed by atoms with van der Waals surface area (Å²) in [5.74, 6) is -2.23. The fourth-order valence-corrected chi connectivity index (χ4v) is 3.80. The summed E-state index contributed by atoms with van der Waals surface area (Å²) in [5.41, 5.74) is 0. The van der Waals surface area contributed by atoms with Crippen molar-refractivity contribution in [1.82, 2.24) is 0 Å². The average molecular weight is 419 g/mol. The maximum Gasteiger partial charge on any atom is 0.308 e. The van der Waals surface area contributed by atoms with E-state index >= 15 is 0 Å². The third-order valence-corrected chi connectivity index (χ3v) is 5.69. The fraction of sp³-hybridized carbons (Fsp3) is 0.955. The van der Waals surface area contributed by atoms with Gasteiger partial charge >= 0.3 is 5.97 Å². The Kier molecular flexibility index (Phi) is 13.0. The molecule has 1 rings (SSSR count). The Balaban J connectivity index is 2.48. The van der Waals surface area contributed by atoms with E-state index in [2.05, 4.69) is 6.92 Å². The van der Waals surface area contributed by atoms with E-state index in [0.717, 1.165) is 19.3 Å². The summed E-state index contributed by atoms with van der Waals surface area (Å²) in [7, 11) is 0. The molecule has 7 nitrogen and oxygen atoms in total. The van der Waals surface area contributed by atoms with E-state index in [0.29, 0.717) is 12.8 Å². The van der Waals surface area contributed by atoms with Crippen molar-refractivity contribution in [2.45, 2.75) is 128 Å². The number of hydrogen-bond acceptors (Lipinski definition) is 7. The standard InChI is InChI=1S/C22H42O7/c1-3-5-7-8-9-10-11-12-13-14-18(24)29-22(15-6-4-2)21(27)20(26)19(25)17(16-23)28-22/h17,19-21,23,25-27H,3-16H2,1-2H3/t17-,19-,20+,21-,22?/m1/s1. The van der Waals surface area contributed by atoms with E-state index in [-0.39, 0.29) is 12.8 Å². The zero-order valence-electron chi connectivity index (χ0n) is 18.2. The smallest absolute Gasteiger partial charge is 0.308 e. The molecule has 1 saturated heterocycles. The largest absolute Gasteiger partial charge is 0.430 e. The third-order valence-electron chi connectivity index (χ3n) is 5.69. The van der Waals surface area contributed by atoms with Gasteiger partial charge in [-0.25, -0.2) is 0 Å². The Morgan fingerprint density at radius 2 is 1.41 bits per heavy atom. The molecule has 0 aliphatic carbocycles. The molecule has 1 fully saturated rings. The van der Waals surface area contributed by atoms with Crippen molar-refractivity contribution >= 4 is 5.97 Å². The van der Waals surface area contributed by atoms with E-state index in [9.17, 15) is 25.2 Å². The van der Waals surface area contributed by atoms with Gasteiger partial charge in [0, 0.05) is 12.8 Å². The van der Waals surface area contributed by atoms with Gasteiger partial charge in [-0.3, -0.25) is 4.79 Å². The molecule has 1 unspecified atom stereocenters. The number of unbranched alkanes of at least 4 members (excludes halogenated alkanes) is 9. The highest BCUT2D eigenvalue weighted by atomic mass is 16.7. The van der Waals surface area contributed by atoms with Gasteiger partial charge in [0.15, 0.2) is 0 Å². The summed E-state index contributed by atoms with van der Waals surface area (Å²) in [5, 5.41) is 40.0. The second kappa shape index (κ2) is 14.3. The van der Waals surface area contributed by atoms with Crippen LogP contribution in [-0.4, -0.2) is 63.2 Å². The lowest BCUT2D eigenvalue weighted by Gasteiger charge is -2.47. The van der Waals surface area contributed by atoms with Crippen LogP contribution in [0.4, 0.5) is 0 Å². The van der Waals surface area contributed by atoms with Crippen LogP contribution in [0.15, 0.2) is 0 Å². The maximum atomic E-state index is 12.4. The number of hydrogen-bond donors (Lipinski definition) is 4. The van der Waals surface area contributed by atoms with Gasteiger partial charge in [-0.1, -0.05) is 71.6 Å². The van der Waals surface area contributed by atoms with E-state index < -0.39 is 42.8 Å². The Hall–Kier alpha value is -0.730. The summed E-state index contributed by atoms with van der Waals surface area (Å²) in [6.07, 6.45) is 6.30. The molecule has 0 spiro atoms. The van der Waals surface area contributed by atoms with E-state index in [1.165, 1.54) is 38.5 Å². The van der Waals surface area contributed by atoms with E-state index in [1.807, 2.05) is 6.92 Å². The number of ether oxygens (including phenoxy) is 2. The molecule has 1 aliphatic heterocycles. The molecule has 29 heavy (non-hydrogen) atoms. The first-order chi connectivity index (χ1) is 13.9. The van der Waals surface area contributed by atoms with Crippen molar-refractivity contribution in [1.29, 1.82) is 0 Å². The van der Waals surface area contributed by atoms with Crippen molar-refractivity contribution in [2.24, 2.45) is 0 Å². The van der Waals surface area contributed by atoms with E-state index in [4.69, 9.17) is 9.47 Å². The van der Waals surface area contributed by atoms with Crippen molar-refractivity contribution in [3.63, 3.8) is 0 Å². The van der Waals surface area contributed by atoms with Crippen LogP contribution in [-0.2, 0) is 14.3 Å². The number of aliphatic hydroxyl groups excluding tert-OH is 4. The van der Waals surface area contributed by atoms with Crippen molar-refractivity contribution in [3.8, 4) is 0 Å². The zero-order valence-corrected chi connectivity index (χ0v) is 18.2. The molecule has 0 radical (unpaired) electrons. The molecular formula is C22H42O7. The van der Waals surface area contributed by atoms with Gasteiger partial charge in [-0.2, -0.15) is 0 Å². The summed E-state index contributed by atoms with van der Waals surface area (Å²) in [6.45, 7) is 3.60. The average Bonchev–Trinajstić information content (AvgIpc) is 2.72. The number of esters is 1.